The van der Waals surface area contributed by atoms with E-state index in [9.17, 15) is 19.1 Å². The molecule has 0 aliphatic carbocycles. The van der Waals surface area contributed by atoms with Crippen molar-refractivity contribution in [2.24, 2.45) is 5.41 Å². The summed E-state index contributed by atoms with van der Waals surface area (Å²) >= 11 is 3.11. The first-order valence-corrected chi connectivity index (χ1v) is 6.71. The van der Waals surface area contributed by atoms with E-state index < -0.39 is 29.2 Å². The summed E-state index contributed by atoms with van der Waals surface area (Å²) in [7, 11) is 0. The molecule has 1 heterocycles. The van der Waals surface area contributed by atoms with E-state index in [1.54, 1.807) is 0 Å². The number of carbonyl (C=O) groups excluding carboxylic acids is 1. The standard InChI is InChI=1S/C13H13BrFNO4/c1-13(12(18)19)6-20-5-10(13)16-11(17)8-3-2-7(15)4-9(8)14/h2-4,10H,5-6H2,1H3,(H,16,17)(H,18,19). The van der Waals surface area contributed by atoms with Gasteiger partial charge in [0.2, 0.25) is 0 Å². The molecule has 0 saturated carbocycles. The summed E-state index contributed by atoms with van der Waals surface area (Å²) in [4.78, 5) is 23.4. The molecule has 1 amide bonds. The number of hydrogen-bond donors (Lipinski definition) is 2. The van der Waals surface area contributed by atoms with Crippen molar-refractivity contribution in [3.63, 3.8) is 0 Å². The fraction of sp³-hybridized carbons (Fsp3) is 0.385. The Balaban J connectivity index is 2.17. The van der Waals surface area contributed by atoms with Crippen LogP contribution in [0.15, 0.2) is 22.7 Å². The van der Waals surface area contributed by atoms with Gasteiger partial charge in [-0.2, -0.15) is 0 Å². The van der Waals surface area contributed by atoms with Crippen LogP contribution in [0.5, 0.6) is 0 Å². The van der Waals surface area contributed by atoms with Gasteiger partial charge in [0.05, 0.1) is 24.8 Å². The summed E-state index contributed by atoms with van der Waals surface area (Å²) in [6.45, 7) is 1.69. The normalized spacial score (nSPS) is 25.4. The van der Waals surface area contributed by atoms with Gasteiger partial charge in [0.25, 0.3) is 5.91 Å². The molecule has 1 aliphatic rings. The van der Waals surface area contributed by atoms with Crippen molar-refractivity contribution in [3.05, 3.63) is 34.1 Å². The van der Waals surface area contributed by atoms with E-state index in [0.29, 0.717) is 4.47 Å². The first-order valence-electron chi connectivity index (χ1n) is 5.91. The number of ether oxygens (including phenoxy) is 1. The first-order chi connectivity index (χ1) is 9.34. The van der Waals surface area contributed by atoms with Crippen LogP contribution in [-0.4, -0.2) is 36.2 Å². The summed E-state index contributed by atoms with van der Waals surface area (Å²) in [5, 5.41) is 11.9. The van der Waals surface area contributed by atoms with Crippen molar-refractivity contribution in [1.29, 1.82) is 0 Å². The van der Waals surface area contributed by atoms with Gasteiger partial charge >= 0.3 is 5.97 Å². The lowest BCUT2D eigenvalue weighted by atomic mass is 9.85. The molecule has 1 aromatic rings. The molecule has 2 unspecified atom stereocenters. The molecule has 1 aliphatic heterocycles. The molecule has 5 nitrogen and oxygen atoms in total. The number of carboxylic acid groups (broad SMARTS) is 1. The highest BCUT2D eigenvalue weighted by Gasteiger charge is 2.47. The fourth-order valence-electron chi connectivity index (χ4n) is 1.99. The number of nitrogens with one attached hydrogen (secondary N) is 1. The molecule has 2 atom stereocenters. The third-order valence-corrected chi connectivity index (χ3v) is 4.08. The molecule has 1 aromatic carbocycles. The molecule has 0 bridgehead atoms. The van der Waals surface area contributed by atoms with E-state index in [1.165, 1.54) is 25.1 Å². The molecule has 1 saturated heterocycles. The maximum Gasteiger partial charge on any atom is 0.313 e. The quantitative estimate of drug-likeness (QED) is 0.875. The summed E-state index contributed by atoms with van der Waals surface area (Å²) in [6.07, 6.45) is 0. The molecule has 7 heteroatoms. The fourth-order valence-corrected chi connectivity index (χ4v) is 2.53. The number of amides is 1. The molecule has 0 radical (unpaired) electrons. The van der Waals surface area contributed by atoms with E-state index in [0.717, 1.165) is 0 Å². The van der Waals surface area contributed by atoms with E-state index in [-0.39, 0.29) is 18.8 Å². The molecule has 0 spiro atoms. The lowest BCUT2D eigenvalue weighted by molar-refractivity contribution is -0.148. The molecular weight excluding hydrogens is 333 g/mol. The van der Waals surface area contributed by atoms with Crippen molar-refractivity contribution < 1.29 is 23.8 Å². The van der Waals surface area contributed by atoms with Gasteiger partial charge in [0.1, 0.15) is 11.2 Å². The van der Waals surface area contributed by atoms with E-state index >= 15 is 0 Å². The first kappa shape index (κ1) is 14.9. The molecule has 20 heavy (non-hydrogen) atoms. The lowest BCUT2D eigenvalue weighted by Gasteiger charge is -2.25. The van der Waals surface area contributed by atoms with Crippen LogP contribution >= 0.6 is 15.9 Å². The average molecular weight is 346 g/mol. The number of carbonyl (C=O) groups is 2. The second-order valence-electron chi connectivity index (χ2n) is 4.89. The summed E-state index contributed by atoms with van der Waals surface area (Å²) in [6, 6.07) is 3.05. The van der Waals surface area contributed by atoms with E-state index in [4.69, 9.17) is 4.74 Å². The van der Waals surface area contributed by atoms with E-state index in [2.05, 4.69) is 21.2 Å². The molecule has 0 aromatic heterocycles. The topological polar surface area (TPSA) is 75.6 Å². The maximum atomic E-state index is 13.0. The summed E-state index contributed by atoms with van der Waals surface area (Å²) in [5.74, 6) is -1.97. The van der Waals surface area contributed by atoms with Crippen LogP contribution in [0.4, 0.5) is 4.39 Å². The van der Waals surface area contributed by atoms with Gasteiger partial charge < -0.3 is 15.2 Å². The number of hydrogen-bond acceptors (Lipinski definition) is 3. The summed E-state index contributed by atoms with van der Waals surface area (Å²) < 4.78 is 18.4. The Labute approximate surface area is 123 Å². The van der Waals surface area contributed by atoms with Gasteiger partial charge in [-0.05, 0) is 41.1 Å². The smallest absolute Gasteiger partial charge is 0.313 e. The van der Waals surface area contributed by atoms with Crippen molar-refractivity contribution in [1.82, 2.24) is 5.32 Å². The number of halogens is 2. The van der Waals surface area contributed by atoms with Gasteiger partial charge in [-0.1, -0.05) is 0 Å². The molecular formula is C13H13BrFNO4. The van der Waals surface area contributed by atoms with Crippen molar-refractivity contribution >= 4 is 27.8 Å². The van der Waals surface area contributed by atoms with Crippen LogP contribution in [0.3, 0.4) is 0 Å². The Morgan fingerprint density at radius 3 is 2.85 bits per heavy atom. The largest absolute Gasteiger partial charge is 0.481 e. The number of carboxylic acids is 1. The number of aliphatic carboxylic acids is 1. The maximum absolute atomic E-state index is 13.0. The predicted octanol–water partition coefficient (Wildman–Crippen LogP) is 1.81. The Hall–Kier alpha value is -1.47. The minimum atomic E-state index is -1.16. The van der Waals surface area contributed by atoms with Crippen LogP contribution in [0.2, 0.25) is 0 Å². The van der Waals surface area contributed by atoms with Crippen molar-refractivity contribution in [3.8, 4) is 0 Å². The molecule has 2 N–H and O–H groups in total. The van der Waals surface area contributed by atoms with Gasteiger partial charge in [-0.25, -0.2) is 4.39 Å². The lowest BCUT2D eigenvalue weighted by Crippen LogP contribution is -2.49. The number of benzene rings is 1. The van der Waals surface area contributed by atoms with Gasteiger partial charge in [0.15, 0.2) is 0 Å². The van der Waals surface area contributed by atoms with Crippen molar-refractivity contribution in [2.45, 2.75) is 13.0 Å². The molecule has 1 fully saturated rings. The average Bonchev–Trinajstić information content (AvgIpc) is 2.72. The summed E-state index contributed by atoms with van der Waals surface area (Å²) in [5.41, 5.74) is -0.923. The highest BCUT2D eigenvalue weighted by molar-refractivity contribution is 9.10. The SMILES string of the molecule is CC1(C(=O)O)COCC1NC(=O)c1ccc(F)cc1Br. The third kappa shape index (κ3) is 2.69. The zero-order valence-corrected chi connectivity index (χ0v) is 12.2. The zero-order valence-electron chi connectivity index (χ0n) is 10.7. The van der Waals surface area contributed by atoms with Gasteiger partial charge in [0, 0.05) is 4.47 Å². The van der Waals surface area contributed by atoms with Gasteiger partial charge in [-0.15, -0.1) is 0 Å². The zero-order chi connectivity index (χ0) is 14.9. The second-order valence-corrected chi connectivity index (χ2v) is 5.74. The number of rotatable bonds is 3. The van der Waals surface area contributed by atoms with Crippen LogP contribution in [0.1, 0.15) is 17.3 Å². The predicted molar refractivity (Wildman–Crippen MR) is 71.9 cm³/mol. The molecule has 2 rings (SSSR count). The Bertz CT molecular complexity index is 565. The van der Waals surface area contributed by atoms with Crippen LogP contribution in [0, 0.1) is 11.2 Å². The van der Waals surface area contributed by atoms with Crippen LogP contribution in [-0.2, 0) is 9.53 Å². The highest BCUT2D eigenvalue weighted by atomic mass is 79.9. The van der Waals surface area contributed by atoms with Crippen molar-refractivity contribution in [2.75, 3.05) is 13.2 Å². The van der Waals surface area contributed by atoms with Crippen LogP contribution in [0.25, 0.3) is 0 Å². The Morgan fingerprint density at radius 2 is 2.25 bits per heavy atom. The third-order valence-electron chi connectivity index (χ3n) is 3.43. The van der Waals surface area contributed by atoms with Crippen LogP contribution < -0.4 is 5.32 Å². The minimum absolute atomic E-state index is 0.0396. The Morgan fingerprint density at radius 1 is 1.55 bits per heavy atom. The van der Waals surface area contributed by atoms with Gasteiger partial charge in [-0.3, -0.25) is 9.59 Å². The monoisotopic (exact) mass is 345 g/mol. The second kappa shape index (κ2) is 5.49. The van der Waals surface area contributed by atoms with E-state index in [1.807, 2.05) is 0 Å². The highest BCUT2D eigenvalue weighted by Crippen LogP contribution is 2.29. The molecule has 108 valence electrons. The minimum Gasteiger partial charge on any atom is -0.481 e. The Kier molecular flexibility index (Phi) is 4.10.